The first kappa shape index (κ1) is 18.9. The van der Waals surface area contributed by atoms with Gasteiger partial charge in [0, 0.05) is 0 Å². The van der Waals surface area contributed by atoms with Crippen LogP contribution in [0.2, 0.25) is 0 Å². The summed E-state index contributed by atoms with van der Waals surface area (Å²) in [6, 6.07) is 18.3. The topological polar surface area (TPSA) is 46.3 Å². The van der Waals surface area contributed by atoms with Crippen LogP contribution in [0.1, 0.15) is 41.9 Å². The Morgan fingerprint density at radius 1 is 1.00 bits per heavy atom. The zero-order valence-electron chi connectivity index (χ0n) is 15.2. The molecule has 0 bridgehead atoms. The van der Waals surface area contributed by atoms with Gasteiger partial charge in [-0.3, -0.25) is 4.79 Å². The smallest absolute Gasteiger partial charge is 0.224 e. The SMILES string of the molecule is CN(C)CCCCC(C(N)=O)c1cccc(C=Cc2ccccc2)c1. The molecule has 0 aliphatic heterocycles. The molecule has 2 N–H and O–H groups in total. The second-order valence-corrected chi connectivity index (χ2v) is 6.67. The van der Waals surface area contributed by atoms with Crippen LogP contribution in [0.3, 0.4) is 0 Å². The summed E-state index contributed by atoms with van der Waals surface area (Å²) < 4.78 is 0. The fourth-order valence-corrected chi connectivity index (χ4v) is 2.89. The summed E-state index contributed by atoms with van der Waals surface area (Å²) in [5, 5.41) is 0. The van der Waals surface area contributed by atoms with E-state index in [0.29, 0.717) is 0 Å². The number of hydrogen-bond donors (Lipinski definition) is 1. The Morgan fingerprint density at radius 2 is 1.68 bits per heavy atom. The van der Waals surface area contributed by atoms with E-state index in [1.54, 1.807) is 0 Å². The minimum absolute atomic E-state index is 0.216. The minimum Gasteiger partial charge on any atom is -0.369 e. The Balaban J connectivity index is 2.06. The largest absolute Gasteiger partial charge is 0.369 e. The second-order valence-electron chi connectivity index (χ2n) is 6.67. The Hall–Kier alpha value is -2.39. The molecule has 0 aromatic heterocycles. The van der Waals surface area contributed by atoms with Crippen molar-refractivity contribution in [1.29, 1.82) is 0 Å². The highest BCUT2D eigenvalue weighted by Crippen LogP contribution is 2.23. The lowest BCUT2D eigenvalue weighted by Gasteiger charge is -2.15. The number of amides is 1. The van der Waals surface area contributed by atoms with Crippen molar-refractivity contribution in [1.82, 2.24) is 4.90 Å². The number of primary amides is 1. The molecule has 0 aliphatic carbocycles. The average molecular weight is 336 g/mol. The number of nitrogens with zero attached hydrogens (tertiary/aromatic N) is 1. The fraction of sp³-hybridized carbons (Fsp3) is 0.318. The van der Waals surface area contributed by atoms with Crippen LogP contribution in [0.4, 0.5) is 0 Å². The standard InChI is InChI=1S/C22H28N2O/c1-24(2)16-7-6-13-21(22(23)25)20-12-8-11-19(17-20)15-14-18-9-4-3-5-10-18/h3-5,8-12,14-15,17,21H,6-7,13,16H2,1-2H3,(H2,23,25). The van der Waals surface area contributed by atoms with Gasteiger partial charge in [-0.25, -0.2) is 0 Å². The van der Waals surface area contributed by atoms with E-state index in [-0.39, 0.29) is 11.8 Å². The number of carbonyl (C=O) groups is 1. The molecule has 2 rings (SSSR count). The molecule has 2 aromatic carbocycles. The molecule has 0 fully saturated rings. The third kappa shape index (κ3) is 6.55. The molecule has 1 atom stereocenters. The third-order valence-corrected chi connectivity index (χ3v) is 4.27. The number of benzene rings is 2. The van der Waals surface area contributed by atoms with Crippen molar-refractivity contribution >= 4 is 18.1 Å². The first-order valence-corrected chi connectivity index (χ1v) is 8.83. The summed E-state index contributed by atoms with van der Waals surface area (Å²) in [7, 11) is 4.13. The predicted octanol–water partition coefficient (Wildman–Crippen LogP) is 4.16. The molecule has 1 amide bonds. The Labute approximate surface area is 151 Å². The van der Waals surface area contributed by atoms with Gasteiger partial charge in [-0.1, -0.05) is 73.2 Å². The lowest BCUT2D eigenvalue weighted by Crippen LogP contribution is -2.22. The number of rotatable bonds is 9. The maximum Gasteiger partial charge on any atom is 0.224 e. The number of carbonyl (C=O) groups excluding carboxylic acids is 1. The monoisotopic (exact) mass is 336 g/mol. The van der Waals surface area contributed by atoms with Gasteiger partial charge in [0.15, 0.2) is 0 Å². The summed E-state index contributed by atoms with van der Waals surface area (Å²) in [4.78, 5) is 14.1. The molecule has 0 aliphatic rings. The lowest BCUT2D eigenvalue weighted by atomic mass is 9.91. The molecule has 0 spiro atoms. The maximum atomic E-state index is 11.9. The second kappa shape index (κ2) is 9.80. The van der Waals surface area contributed by atoms with Gasteiger partial charge in [0.1, 0.15) is 0 Å². The van der Waals surface area contributed by atoms with Crippen LogP contribution in [0.15, 0.2) is 54.6 Å². The summed E-state index contributed by atoms with van der Waals surface area (Å²) >= 11 is 0. The van der Waals surface area contributed by atoms with Crippen LogP contribution < -0.4 is 5.73 Å². The molecular weight excluding hydrogens is 308 g/mol. The van der Waals surface area contributed by atoms with Crippen LogP contribution in [-0.2, 0) is 4.79 Å². The van der Waals surface area contributed by atoms with E-state index in [1.807, 2.05) is 36.4 Å². The van der Waals surface area contributed by atoms with Gasteiger partial charge in [-0.2, -0.15) is 0 Å². The molecule has 1 unspecified atom stereocenters. The van der Waals surface area contributed by atoms with Gasteiger partial charge in [0.05, 0.1) is 5.92 Å². The highest BCUT2D eigenvalue weighted by Gasteiger charge is 2.17. The van der Waals surface area contributed by atoms with Crippen molar-refractivity contribution in [2.45, 2.75) is 25.2 Å². The van der Waals surface area contributed by atoms with E-state index >= 15 is 0 Å². The average Bonchev–Trinajstić information content (AvgIpc) is 2.60. The molecule has 0 radical (unpaired) electrons. The number of unbranched alkanes of at least 4 members (excludes halogenated alkanes) is 1. The number of hydrogen-bond acceptors (Lipinski definition) is 2. The lowest BCUT2D eigenvalue weighted by molar-refractivity contribution is -0.119. The first-order chi connectivity index (χ1) is 12.1. The normalized spacial score (nSPS) is 12.6. The molecule has 0 saturated carbocycles. The van der Waals surface area contributed by atoms with Gasteiger partial charge >= 0.3 is 0 Å². The van der Waals surface area contributed by atoms with E-state index in [4.69, 9.17) is 5.73 Å². The van der Waals surface area contributed by atoms with Crippen LogP contribution in [0.25, 0.3) is 12.2 Å². The highest BCUT2D eigenvalue weighted by molar-refractivity contribution is 5.82. The molecule has 3 heteroatoms. The highest BCUT2D eigenvalue weighted by atomic mass is 16.1. The predicted molar refractivity (Wildman–Crippen MR) is 106 cm³/mol. The first-order valence-electron chi connectivity index (χ1n) is 8.83. The summed E-state index contributed by atoms with van der Waals surface area (Å²) in [6.07, 6.45) is 7.02. The Bertz CT molecular complexity index is 692. The van der Waals surface area contributed by atoms with Crippen molar-refractivity contribution in [3.63, 3.8) is 0 Å². The van der Waals surface area contributed by atoms with Gasteiger partial charge in [0.25, 0.3) is 0 Å². The van der Waals surface area contributed by atoms with Crippen LogP contribution >= 0.6 is 0 Å². The quantitative estimate of drug-likeness (QED) is 0.552. The van der Waals surface area contributed by atoms with E-state index < -0.39 is 0 Å². The van der Waals surface area contributed by atoms with E-state index in [1.165, 1.54) is 0 Å². The molecule has 25 heavy (non-hydrogen) atoms. The van der Waals surface area contributed by atoms with Crippen molar-refractivity contribution in [3.05, 3.63) is 71.3 Å². The van der Waals surface area contributed by atoms with Crippen LogP contribution in [-0.4, -0.2) is 31.4 Å². The van der Waals surface area contributed by atoms with Crippen LogP contribution in [0.5, 0.6) is 0 Å². The van der Waals surface area contributed by atoms with Crippen molar-refractivity contribution in [3.8, 4) is 0 Å². The van der Waals surface area contributed by atoms with Crippen molar-refractivity contribution in [2.24, 2.45) is 5.73 Å². The third-order valence-electron chi connectivity index (χ3n) is 4.27. The van der Waals surface area contributed by atoms with Crippen LogP contribution in [0, 0.1) is 0 Å². The Morgan fingerprint density at radius 3 is 2.36 bits per heavy atom. The molecular formula is C22H28N2O. The van der Waals surface area contributed by atoms with E-state index in [9.17, 15) is 4.79 Å². The van der Waals surface area contributed by atoms with Gasteiger partial charge < -0.3 is 10.6 Å². The summed E-state index contributed by atoms with van der Waals surface area (Å²) in [5.41, 5.74) is 8.91. The van der Waals surface area contributed by atoms with Crippen molar-refractivity contribution in [2.75, 3.05) is 20.6 Å². The molecule has 2 aromatic rings. The zero-order chi connectivity index (χ0) is 18.1. The zero-order valence-corrected chi connectivity index (χ0v) is 15.2. The molecule has 0 heterocycles. The van der Waals surface area contributed by atoms with E-state index in [2.05, 4.69) is 49.3 Å². The van der Waals surface area contributed by atoms with Gasteiger partial charge in [-0.15, -0.1) is 0 Å². The van der Waals surface area contributed by atoms with Gasteiger partial charge in [-0.05, 0) is 50.2 Å². The minimum atomic E-state index is -0.242. The molecule has 0 saturated heterocycles. The van der Waals surface area contributed by atoms with E-state index in [0.717, 1.165) is 42.5 Å². The van der Waals surface area contributed by atoms with Crippen molar-refractivity contribution < 1.29 is 4.79 Å². The maximum absolute atomic E-state index is 11.9. The fourth-order valence-electron chi connectivity index (χ4n) is 2.89. The Kier molecular flexibility index (Phi) is 7.42. The summed E-state index contributed by atoms with van der Waals surface area (Å²) in [5.74, 6) is -0.457. The summed E-state index contributed by atoms with van der Waals surface area (Å²) in [6.45, 7) is 1.03. The number of nitrogens with two attached hydrogens (primary N) is 1. The molecule has 3 nitrogen and oxygen atoms in total. The van der Waals surface area contributed by atoms with Gasteiger partial charge in [0.2, 0.25) is 5.91 Å². The molecule has 132 valence electrons.